The van der Waals surface area contributed by atoms with Crippen molar-refractivity contribution in [1.29, 1.82) is 0 Å². The number of Topliss-reactive ketones (excluding diaryl/α,β-unsaturated/α-hetero) is 1. The molecule has 29 heavy (non-hydrogen) atoms. The van der Waals surface area contributed by atoms with E-state index in [1.807, 2.05) is 11.5 Å². The highest BCUT2D eigenvalue weighted by atomic mass is 28.2. The number of aromatic nitrogens is 1. The number of esters is 1. The molecule has 0 bridgehead atoms. The number of rotatable bonds is 7. The van der Waals surface area contributed by atoms with E-state index in [1.54, 1.807) is 6.92 Å². The fourth-order valence-corrected chi connectivity index (χ4v) is 4.90. The molecule has 0 N–H and O–H groups in total. The van der Waals surface area contributed by atoms with Gasteiger partial charge in [0.1, 0.15) is 5.75 Å². The van der Waals surface area contributed by atoms with Crippen molar-refractivity contribution >= 4 is 33.1 Å². The minimum Gasteiger partial charge on any atom is -0.553 e. The molecule has 2 aromatic rings. The first kappa shape index (κ1) is 23.2. The zero-order valence-electron chi connectivity index (χ0n) is 19.5. The fraction of sp³-hybridized carbons (Fsp3) is 0.565. The average Bonchev–Trinajstić information content (AvgIpc) is 2.88. The van der Waals surface area contributed by atoms with E-state index in [2.05, 4.69) is 41.5 Å². The molecule has 0 atom stereocenters. The third-order valence-electron chi connectivity index (χ3n) is 5.51. The normalized spacial score (nSPS) is 11.9. The first-order valence-electron chi connectivity index (χ1n) is 10.4. The van der Waals surface area contributed by atoms with Gasteiger partial charge in [0, 0.05) is 34.7 Å². The van der Waals surface area contributed by atoms with E-state index >= 15 is 0 Å². The zero-order valence-corrected chi connectivity index (χ0v) is 21.5. The molecule has 0 fully saturated rings. The summed E-state index contributed by atoms with van der Waals surface area (Å²) in [5.41, 5.74) is 5.98. The van der Waals surface area contributed by atoms with Crippen LogP contribution in [0.5, 0.6) is 5.75 Å². The van der Waals surface area contributed by atoms with E-state index in [0.29, 0.717) is 16.0 Å². The molecular weight excluding hydrogens is 382 g/mol. The summed E-state index contributed by atoms with van der Waals surface area (Å²) in [4.78, 5) is 24.3. The largest absolute Gasteiger partial charge is 0.553 e. The van der Waals surface area contributed by atoms with Gasteiger partial charge < -0.3 is 13.7 Å². The van der Waals surface area contributed by atoms with Crippen LogP contribution in [-0.4, -0.2) is 26.8 Å². The molecule has 0 aliphatic rings. The third kappa shape index (κ3) is 3.99. The Morgan fingerprint density at radius 2 is 1.45 bits per heavy atom. The highest BCUT2D eigenvalue weighted by Crippen LogP contribution is 2.48. The summed E-state index contributed by atoms with van der Waals surface area (Å²) in [6, 6.07) is 0. The molecule has 0 aliphatic heterocycles. The molecule has 0 saturated heterocycles. The van der Waals surface area contributed by atoms with Crippen LogP contribution in [0.25, 0.3) is 10.9 Å². The highest BCUT2D eigenvalue weighted by molar-refractivity contribution is 6.12. The van der Waals surface area contributed by atoms with Gasteiger partial charge in [-0.3, -0.25) is 9.59 Å². The molecule has 1 aromatic heterocycles. The monoisotopic (exact) mass is 417 g/mol. The molecular formula is C23H35NO4Si. The summed E-state index contributed by atoms with van der Waals surface area (Å²) in [5, 5.41) is 0.955. The number of ketones is 1. The van der Waals surface area contributed by atoms with Crippen LogP contribution in [0.15, 0.2) is 0 Å². The van der Waals surface area contributed by atoms with E-state index in [1.165, 1.54) is 18.1 Å². The van der Waals surface area contributed by atoms with Gasteiger partial charge in [-0.05, 0) is 37.2 Å². The van der Waals surface area contributed by atoms with Crippen molar-refractivity contribution in [3.63, 3.8) is 0 Å². The average molecular weight is 418 g/mol. The predicted molar refractivity (Wildman–Crippen MR) is 121 cm³/mol. The third-order valence-corrected chi connectivity index (χ3v) is 5.92. The summed E-state index contributed by atoms with van der Waals surface area (Å²) in [5.74, 6) is 1.28. The second-order valence-corrected chi connectivity index (χ2v) is 9.08. The predicted octanol–water partition coefficient (Wildman–Crippen LogP) is 4.70. The lowest BCUT2D eigenvalue weighted by Crippen LogP contribution is -2.12. The first-order valence-corrected chi connectivity index (χ1v) is 11.2. The second-order valence-electron chi connectivity index (χ2n) is 8.67. The van der Waals surface area contributed by atoms with Crippen LogP contribution < -0.4 is 4.43 Å². The van der Waals surface area contributed by atoms with E-state index in [-0.39, 0.29) is 36.2 Å². The number of benzene rings is 1. The molecule has 1 heterocycles. The van der Waals surface area contributed by atoms with Crippen LogP contribution in [0, 0.1) is 6.92 Å². The van der Waals surface area contributed by atoms with Crippen LogP contribution in [0.3, 0.4) is 0 Å². The molecule has 160 valence electrons. The molecule has 2 rings (SSSR count). The molecule has 0 amide bonds. The summed E-state index contributed by atoms with van der Waals surface area (Å²) < 4.78 is 13.5. The second kappa shape index (κ2) is 8.74. The standard InChI is InChI=1S/C23H35NO4Si/c1-11(2)17-18(12(3)4)23(28-29)19(13(5)6)21-20(15(8)25)14(7)24(22(17)21)10-27-16(9)26/h11-13H,10H2,1-9,29H3. The van der Waals surface area contributed by atoms with Crippen LogP contribution in [0.1, 0.15) is 106 Å². The SMILES string of the molecule is CC(=O)OCn1c(C)c(C(C)=O)c2c(C(C)C)c(O[SiH3])c(C(C)C)c(C(C)C)c21. The summed E-state index contributed by atoms with van der Waals surface area (Å²) >= 11 is 0. The molecule has 6 heteroatoms. The molecule has 0 saturated carbocycles. The summed E-state index contributed by atoms with van der Waals surface area (Å²) in [7, 11) is 0.572. The van der Waals surface area contributed by atoms with E-state index in [0.717, 1.165) is 27.9 Å². The lowest BCUT2D eigenvalue weighted by atomic mass is 9.82. The number of hydrogen-bond acceptors (Lipinski definition) is 4. The lowest BCUT2D eigenvalue weighted by molar-refractivity contribution is -0.144. The summed E-state index contributed by atoms with van der Waals surface area (Å²) in [6.45, 7) is 18.0. The zero-order chi connectivity index (χ0) is 22.2. The number of carbonyl (C=O) groups is 2. The van der Waals surface area contributed by atoms with Gasteiger partial charge in [-0.25, -0.2) is 0 Å². The van der Waals surface area contributed by atoms with Gasteiger partial charge in [0.05, 0.1) is 5.52 Å². The van der Waals surface area contributed by atoms with Crippen molar-refractivity contribution in [2.24, 2.45) is 0 Å². The van der Waals surface area contributed by atoms with Crippen LogP contribution in [0.2, 0.25) is 0 Å². The van der Waals surface area contributed by atoms with Gasteiger partial charge in [-0.2, -0.15) is 0 Å². The molecule has 0 spiro atoms. The van der Waals surface area contributed by atoms with Crippen molar-refractivity contribution in [3.8, 4) is 5.75 Å². The van der Waals surface area contributed by atoms with Gasteiger partial charge in [0.15, 0.2) is 12.5 Å². The minimum atomic E-state index is -0.339. The van der Waals surface area contributed by atoms with Gasteiger partial charge in [0.25, 0.3) is 0 Å². The van der Waals surface area contributed by atoms with Crippen molar-refractivity contribution < 1.29 is 18.8 Å². The van der Waals surface area contributed by atoms with E-state index in [4.69, 9.17) is 9.16 Å². The number of carbonyl (C=O) groups excluding carboxylic acids is 2. The minimum absolute atomic E-state index is 0.0160. The molecule has 0 radical (unpaired) electrons. The van der Waals surface area contributed by atoms with E-state index in [9.17, 15) is 9.59 Å². The van der Waals surface area contributed by atoms with Gasteiger partial charge in [0.2, 0.25) is 10.5 Å². The Kier molecular flexibility index (Phi) is 6.99. The van der Waals surface area contributed by atoms with Gasteiger partial charge in [-0.15, -0.1) is 0 Å². The number of hydrogen-bond donors (Lipinski definition) is 0. The maximum Gasteiger partial charge on any atom is 0.304 e. The van der Waals surface area contributed by atoms with Crippen LogP contribution in [-0.2, 0) is 16.3 Å². The maximum absolute atomic E-state index is 12.8. The Bertz CT molecular complexity index is 954. The number of nitrogens with zero attached hydrogens (tertiary/aromatic N) is 1. The molecule has 0 aliphatic carbocycles. The Labute approximate surface area is 177 Å². The summed E-state index contributed by atoms with van der Waals surface area (Å²) in [6.07, 6.45) is 0. The van der Waals surface area contributed by atoms with Gasteiger partial charge in [-0.1, -0.05) is 41.5 Å². The van der Waals surface area contributed by atoms with Crippen LogP contribution >= 0.6 is 0 Å². The van der Waals surface area contributed by atoms with Crippen molar-refractivity contribution in [1.82, 2.24) is 4.57 Å². The quantitative estimate of drug-likeness (QED) is 0.372. The molecule has 5 nitrogen and oxygen atoms in total. The van der Waals surface area contributed by atoms with Crippen molar-refractivity contribution in [2.45, 2.75) is 86.8 Å². The lowest BCUT2D eigenvalue weighted by Gasteiger charge is -2.27. The van der Waals surface area contributed by atoms with Crippen molar-refractivity contribution in [3.05, 3.63) is 27.9 Å². The topological polar surface area (TPSA) is 57.5 Å². The smallest absolute Gasteiger partial charge is 0.304 e. The number of ether oxygens (including phenoxy) is 1. The van der Waals surface area contributed by atoms with Crippen LogP contribution in [0.4, 0.5) is 0 Å². The Balaban J connectivity index is 3.24. The Morgan fingerprint density at radius 3 is 1.83 bits per heavy atom. The maximum atomic E-state index is 12.8. The first-order chi connectivity index (χ1) is 13.4. The molecule has 0 unspecified atom stereocenters. The Hall–Kier alpha value is -2.08. The van der Waals surface area contributed by atoms with Crippen molar-refractivity contribution in [2.75, 3.05) is 0 Å². The van der Waals surface area contributed by atoms with Gasteiger partial charge >= 0.3 is 5.97 Å². The number of fused-ring (bicyclic) bond motifs is 1. The van der Waals surface area contributed by atoms with E-state index < -0.39 is 0 Å². The Morgan fingerprint density at radius 1 is 0.931 bits per heavy atom. The highest BCUT2D eigenvalue weighted by Gasteiger charge is 2.31. The fourth-order valence-electron chi connectivity index (χ4n) is 4.46. The molecule has 1 aromatic carbocycles.